The van der Waals surface area contributed by atoms with E-state index >= 15 is 0 Å². The number of rotatable bonds is 6. The number of aromatic amines is 1. The fourth-order valence-electron chi connectivity index (χ4n) is 3.04. The third kappa shape index (κ3) is 2.91. The Balaban J connectivity index is 1.94. The van der Waals surface area contributed by atoms with Gasteiger partial charge < -0.3 is 11.1 Å². The van der Waals surface area contributed by atoms with Gasteiger partial charge in [-0.25, -0.2) is 9.97 Å². The summed E-state index contributed by atoms with van der Waals surface area (Å²) >= 11 is 0. The number of nitrogens with one attached hydrogen (secondary N) is 2. The summed E-state index contributed by atoms with van der Waals surface area (Å²) in [7, 11) is 0. The molecule has 0 bridgehead atoms. The van der Waals surface area contributed by atoms with Gasteiger partial charge in [-0.2, -0.15) is 5.10 Å². The zero-order valence-corrected chi connectivity index (χ0v) is 13.5. The van der Waals surface area contributed by atoms with Gasteiger partial charge in [-0.3, -0.25) is 9.89 Å². The van der Waals surface area contributed by atoms with E-state index in [-0.39, 0.29) is 0 Å². The number of carbonyl (C=O) groups excluding carboxylic acids is 1. The van der Waals surface area contributed by atoms with Crippen molar-refractivity contribution in [2.24, 2.45) is 5.73 Å². The van der Waals surface area contributed by atoms with Crippen molar-refractivity contribution in [2.75, 3.05) is 5.32 Å². The molecule has 0 aromatic carbocycles. The molecule has 1 amide bonds. The lowest BCUT2D eigenvalue weighted by Gasteiger charge is -2.19. The second-order valence-electron chi connectivity index (χ2n) is 5.90. The van der Waals surface area contributed by atoms with Crippen molar-refractivity contribution >= 4 is 11.9 Å². The zero-order chi connectivity index (χ0) is 16.4. The molecule has 3 rings (SSSR count). The Kier molecular flexibility index (Phi) is 4.27. The fourth-order valence-corrected chi connectivity index (χ4v) is 3.04. The number of nitrogens with two attached hydrogens (primary N) is 1. The average molecular weight is 314 g/mol. The van der Waals surface area contributed by atoms with Crippen molar-refractivity contribution in [3.8, 4) is 11.4 Å². The van der Waals surface area contributed by atoms with Gasteiger partial charge in [0.15, 0.2) is 0 Å². The van der Waals surface area contributed by atoms with E-state index < -0.39 is 5.91 Å². The highest BCUT2D eigenvalue weighted by Gasteiger charge is 2.26. The molecular formula is C16H22N6O. The molecule has 2 heterocycles. The van der Waals surface area contributed by atoms with Crippen molar-refractivity contribution in [3.63, 3.8) is 0 Å². The molecule has 0 fully saturated rings. The molecule has 23 heavy (non-hydrogen) atoms. The summed E-state index contributed by atoms with van der Waals surface area (Å²) in [5.41, 5.74) is 9.19. The van der Waals surface area contributed by atoms with E-state index in [4.69, 9.17) is 5.73 Å². The molecule has 122 valence electrons. The lowest BCUT2D eigenvalue weighted by atomic mass is 9.93. The van der Waals surface area contributed by atoms with Crippen molar-refractivity contribution in [1.82, 2.24) is 20.2 Å². The summed E-state index contributed by atoms with van der Waals surface area (Å²) in [5, 5.41) is 10.4. The second kappa shape index (κ2) is 6.36. The standard InChI is InChI=1S/C16H22N6O/c1-3-5-10(4-2)19-16-18-8-9-6-7-11-13(12(9)20-16)21-22-14(11)15(17)23/h8,10H,3-7H2,1-2H3,(H2,17,23)(H,21,22)(H,18,19,20). The maximum absolute atomic E-state index is 11.5. The molecule has 1 atom stereocenters. The molecule has 2 aromatic heterocycles. The van der Waals surface area contributed by atoms with Gasteiger partial charge in [-0.05, 0) is 31.2 Å². The number of nitrogens with zero attached hydrogens (tertiary/aromatic N) is 3. The van der Waals surface area contributed by atoms with Crippen LogP contribution in [0.1, 0.15) is 54.7 Å². The van der Waals surface area contributed by atoms with E-state index in [1.807, 2.05) is 6.20 Å². The quantitative estimate of drug-likeness (QED) is 0.756. The zero-order valence-electron chi connectivity index (χ0n) is 13.5. The number of hydrogen-bond acceptors (Lipinski definition) is 5. The van der Waals surface area contributed by atoms with Gasteiger partial charge in [0.25, 0.3) is 5.91 Å². The Bertz CT molecular complexity index is 723. The van der Waals surface area contributed by atoms with E-state index in [0.29, 0.717) is 23.4 Å². The van der Waals surface area contributed by atoms with Crippen LogP contribution in [0.25, 0.3) is 11.4 Å². The Labute approximate surface area is 135 Å². The van der Waals surface area contributed by atoms with Crippen LogP contribution in [0.3, 0.4) is 0 Å². The summed E-state index contributed by atoms with van der Waals surface area (Å²) in [5.74, 6) is 0.129. The third-order valence-electron chi connectivity index (χ3n) is 4.31. The van der Waals surface area contributed by atoms with Crippen LogP contribution in [0.5, 0.6) is 0 Å². The number of aryl methyl sites for hydroxylation is 1. The highest BCUT2D eigenvalue weighted by molar-refractivity contribution is 5.94. The number of hydrogen-bond donors (Lipinski definition) is 3. The molecule has 7 nitrogen and oxygen atoms in total. The summed E-state index contributed by atoms with van der Waals surface area (Å²) in [4.78, 5) is 20.5. The molecule has 0 aliphatic heterocycles. The predicted octanol–water partition coefficient (Wildman–Crippen LogP) is 2.05. The SMILES string of the molecule is CCCC(CC)Nc1ncc2c(n1)-c1n[nH]c(C(N)=O)c1CC2. The Morgan fingerprint density at radius 2 is 2.22 bits per heavy atom. The highest BCUT2D eigenvalue weighted by Crippen LogP contribution is 2.32. The van der Waals surface area contributed by atoms with E-state index in [1.165, 1.54) is 0 Å². The molecule has 0 saturated heterocycles. The molecule has 0 saturated carbocycles. The first-order valence-corrected chi connectivity index (χ1v) is 8.13. The van der Waals surface area contributed by atoms with Crippen LogP contribution in [0, 0.1) is 0 Å². The number of amides is 1. The third-order valence-corrected chi connectivity index (χ3v) is 4.31. The van der Waals surface area contributed by atoms with Crippen molar-refractivity contribution in [1.29, 1.82) is 0 Å². The van der Waals surface area contributed by atoms with E-state index in [9.17, 15) is 4.79 Å². The fraction of sp³-hybridized carbons (Fsp3) is 0.500. The molecule has 1 unspecified atom stereocenters. The first kappa shape index (κ1) is 15.5. The van der Waals surface area contributed by atoms with Crippen LogP contribution >= 0.6 is 0 Å². The molecule has 1 aliphatic carbocycles. The first-order chi connectivity index (χ1) is 11.1. The van der Waals surface area contributed by atoms with Gasteiger partial charge in [-0.15, -0.1) is 0 Å². The molecule has 0 spiro atoms. The van der Waals surface area contributed by atoms with Crippen LogP contribution < -0.4 is 11.1 Å². The summed E-state index contributed by atoms with van der Waals surface area (Å²) in [6.45, 7) is 4.32. The van der Waals surface area contributed by atoms with Crippen LogP contribution in [0.4, 0.5) is 5.95 Å². The minimum Gasteiger partial charge on any atom is -0.364 e. The Hall–Kier alpha value is -2.44. The molecule has 0 radical (unpaired) electrons. The van der Waals surface area contributed by atoms with Crippen LogP contribution in [0.2, 0.25) is 0 Å². The van der Waals surface area contributed by atoms with Gasteiger partial charge in [0, 0.05) is 17.8 Å². The number of primary amides is 1. The Morgan fingerprint density at radius 1 is 1.39 bits per heavy atom. The smallest absolute Gasteiger partial charge is 0.267 e. The number of anilines is 1. The van der Waals surface area contributed by atoms with Gasteiger partial charge >= 0.3 is 0 Å². The molecule has 7 heteroatoms. The van der Waals surface area contributed by atoms with Crippen LogP contribution in [-0.2, 0) is 12.8 Å². The molecule has 2 aromatic rings. The monoisotopic (exact) mass is 314 g/mol. The minimum atomic E-state index is -0.483. The minimum absolute atomic E-state index is 0.362. The lowest BCUT2D eigenvalue weighted by Crippen LogP contribution is -2.20. The summed E-state index contributed by atoms with van der Waals surface area (Å²) < 4.78 is 0. The lowest BCUT2D eigenvalue weighted by molar-refractivity contribution is 0.0994. The van der Waals surface area contributed by atoms with Crippen molar-refractivity contribution in [2.45, 2.75) is 52.0 Å². The topological polar surface area (TPSA) is 110 Å². The van der Waals surface area contributed by atoms with E-state index in [2.05, 4.69) is 39.3 Å². The van der Waals surface area contributed by atoms with Crippen molar-refractivity contribution < 1.29 is 4.79 Å². The van der Waals surface area contributed by atoms with Crippen molar-refractivity contribution in [3.05, 3.63) is 23.0 Å². The molecular weight excluding hydrogens is 292 g/mol. The Morgan fingerprint density at radius 3 is 2.91 bits per heavy atom. The number of aromatic nitrogens is 4. The van der Waals surface area contributed by atoms with E-state index in [1.54, 1.807) is 0 Å². The van der Waals surface area contributed by atoms with Gasteiger partial charge in [0.2, 0.25) is 5.95 Å². The normalized spacial score (nSPS) is 14.0. The van der Waals surface area contributed by atoms with Crippen LogP contribution in [-0.4, -0.2) is 32.1 Å². The number of carbonyl (C=O) groups is 1. The first-order valence-electron chi connectivity index (χ1n) is 8.13. The summed E-state index contributed by atoms with van der Waals surface area (Å²) in [6.07, 6.45) is 6.58. The second-order valence-corrected chi connectivity index (χ2v) is 5.90. The maximum Gasteiger partial charge on any atom is 0.267 e. The molecule has 1 aliphatic rings. The number of fused-ring (bicyclic) bond motifs is 3. The van der Waals surface area contributed by atoms with Gasteiger partial charge in [0.1, 0.15) is 11.4 Å². The molecule has 4 N–H and O–H groups in total. The van der Waals surface area contributed by atoms with Gasteiger partial charge in [-0.1, -0.05) is 20.3 Å². The van der Waals surface area contributed by atoms with Gasteiger partial charge in [0.05, 0.1) is 5.69 Å². The summed E-state index contributed by atoms with van der Waals surface area (Å²) in [6, 6.07) is 0.362. The largest absolute Gasteiger partial charge is 0.364 e. The highest BCUT2D eigenvalue weighted by atomic mass is 16.1. The maximum atomic E-state index is 11.5. The van der Waals surface area contributed by atoms with Crippen LogP contribution in [0.15, 0.2) is 6.20 Å². The average Bonchev–Trinajstić information content (AvgIpc) is 2.99. The number of H-pyrrole nitrogens is 1. The van der Waals surface area contributed by atoms with E-state index in [0.717, 1.165) is 48.9 Å². The predicted molar refractivity (Wildman–Crippen MR) is 88.1 cm³/mol.